The highest BCUT2D eigenvalue weighted by atomic mass is 32.2. The summed E-state index contributed by atoms with van der Waals surface area (Å²) >= 11 is 1.65. The molecule has 0 saturated carbocycles. The molecule has 0 aliphatic heterocycles. The van der Waals surface area contributed by atoms with E-state index in [9.17, 15) is 4.79 Å². The lowest BCUT2D eigenvalue weighted by molar-refractivity contribution is 0.0954. The zero-order chi connectivity index (χ0) is 15.9. The first-order valence-electron chi connectivity index (χ1n) is 7.31. The molecule has 0 saturated heterocycles. The molecule has 0 aliphatic carbocycles. The predicted molar refractivity (Wildman–Crippen MR) is 95.0 cm³/mol. The van der Waals surface area contributed by atoms with Crippen LogP contribution in [0.2, 0.25) is 0 Å². The maximum Gasteiger partial charge on any atom is 0.251 e. The van der Waals surface area contributed by atoms with Crippen molar-refractivity contribution in [3.05, 3.63) is 59.7 Å². The Morgan fingerprint density at radius 1 is 1.18 bits per heavy atom. The van der Waals surface area contributed by atoms with Gasteiger partial charge in [0.2, 0.25) is 0 Å². The summed E-state index contributed by atoms with van der Waals surface area (Å²) in [5.74, 6) is -0.00476. The molecule has 0 aromatic heterocycles. The van der Waals surface area contributed by atoms with Crippen molar-refractivity contribution < 1.29 is 4.79 Å². The first kappa shape index (κ1) is 16.4. The van der Waals surface area contributed by atoms with Gasteiger partial charge >= 0.3 is 0 Å². The number of nitrogens with zero attached hydrogens (tertiary/aromatic N) is 1. The van der Waals surface area contributed by atoms with Crippen molar-refractivity contribution in [1.29, 1.82) is 0 Å². The first-order valence-corrected chi connectivity index (χ1v) is 8.53. The average Bonchev–Trinajstić information content (AvgIpc) is 2.55. The molecule has 2 rings (SSSR count). The number of para-hydroxylation sites is 1. The van der Waals surface area contributed by atoms with Crippen LogP contribution < -0.4 is 10.2 Å². The summed E-state index contributed by atoms with van der Waals surface area (Å²) < 4.78 is 0. The van der Waals surface area contributed by atoms with Gasteiger partial charge < -0.3 is 10.2 Å². The summed E-state index contributed by atoms with van der Waals surface area (Å²) in [6.45, 7) is 3.36. The molecule has 1 amide bonds. The summed E-state index contributed by atoms with van der Waals surface area (Å²) in [4.78, 5) is 15.6. The van der Waals surface area contributed by atoms with Crippen LogP contribution >= 0.6 is 11.8 Å². The van der Waals surface area contributed by atoms with Gasteiger partial charge in [0.05, 0.1) is 0 Å². The third kappa shape index (κ3) is 4.28. The minimum atomic E-state index is -0.00476. The number of carbonyl (C=O) groups is 1. The molecule has 2 aromatic carbocycles. The predicted octanol–water partition coefficient (Wildman–Crippen LogP) is 3.58. The average molecular weight is 314 g/mol. The fraction of sp³-hybridized carbons (Fsp3) is 0.278. The number of carbonyl (C=O) groups excluding carboxylic acids is 1. The third-order valence-electron chi connectivity index (χ3n) is 3.62. The number of amides is 1. The van der Waals surface area contributed by atoms with Crippen molar-refractivity contribution in [3.63, 3.8) is 0 Å². The number of nitrogens with one attached hydrogen (secondary N) is 1. The number of likely N-dealkylation sites (N-methyl/N-ethyl adjacent to an activating group) is 1. The Bertz CT molecular complexity index is 628. The van der Waals surface area contributed by atoms with Crippen molar-refractivity contribution >= 4 is 23.4 Å². The van der Waals surface area contributed by atoms with E-state index in [1.807, 2.05) is 56.6 Å². The van der Waals surface area contributed by atoms with Gasteiger partial charge in [-0.05, 0) is 43.0 Å². The lowest BCUT2D eigenvalue weighted by atomic mass is 10.1. The second-order valence-electron chi connectivity index (χ2n) is 5.19. The molecule has 3 nitrogen and oxygen atoms in total. The van der Waals surface area contributed by atoms with E-state index in [1.165, 1.54) is 0 Å². The highest BCUT2D eigenvalue weighted by Crippen LogP contribution is 2.19. The maximum absolute atomic E-state index is 12.3. The van der Waals surface area contributed by atoms with Gasteiger partial charge in [0.25, 0.3) is 5.91 Å². The minimum absolute atomic E-state index is 0.00476. The van der Waals surface area contributed by atoms with E-state index in [0.29, 0.717) is 6.54 Å². The van der Waals surface area contributed by atoms with Gasteiger partial charge in [-0.1, -0.05) is 24.3 Å². The lowest BCUT2D eigenvalue weighted by Crippen LogP contribution is -2.33. The number of anilines is 1. The number of hydrogen-bond acceptors (Lipinski definition) is 3. The van der Waals surface area contributed by atoms with Crippen molar-refractivity contribution in [2.24, 2.45) is 0 Å². The number of rotatable bonds is 6. The molecule has 0 fully saturated rings. The highest BCUT2D eigenvalue weighted by molar-refractivity contribution is 7.98. The number of thioether (sulfide) groups is 1. The largest absolute Gasteiger partial charge is 0.373 e. The summed E-state index contributed by atoms with van der Waals surface area (Å²) in [6.07, 6.45) is 2.02. The van der Waals surface area contributed by atoms with E-state index in [1.54, 1.807) is 11.8 Å². The van der Waals surface area contributed by atoms with E-state index >= 15 is 0 Å². The fourth-order valence-corrected chi connectivity index (χ4v) is 2.66. The van der Waals surface area contributed by atoms with Gasteiger partial charge in [-0.2, -0.15) is 0 Å². The maximum atomic E-state index is 12.3. The number of hydrogen-bond donors (Lipinski definition) is 1. The standard InChI is InChI=1S/C18H22N2OS/c1-14-9-10-16(22-3)13-17(14)18(21)19-11-12-20(2)15-7-5-4-6-8-15/h4-10,13H,11-12H2,1-3H3,(H,19,21). The van der Waals surface area contributed by atoms with Crippen LogP contribution in [0.4, 0.5) is 5.69 Å². The summed E-state index contributed by atoms with van der Waals surface area (Å²) in [5.41, 5.74) is 2.92. The zero-order valence-electron chi connectivity index (χ0n) is 13.3. The summed E-state index contributed by atoms with van der Waals surface area (Å²) in [5, 5.41) is 3.00. The van der Waals surface area contributed by atoms with Crippen LogP contribution in [-0.4, -0.2) is 32.3 Å². The van der Waals surface area contributed by atoms with Crippen LogP contribution in [0.1, 0.15) is 15.9 Å². The van der Waals surface area contributed by atoms with Gasteiger partial charge in [-0.3, -0.25) is 4.79 Å². The molecule has 0 atom stereocenters. The van der Waals surface area contributed by atoms with Gasteiger partial charge in [0.1, 0.15) is 0 Å². The van der Waals surface area contributed by atoms with Crippen molar-refractivity contribution in [3.8, 4) is 0 Å². The van der Waals surface area contributed by atoms with Crippen molar-refractivity contribution in [1.82, 2.24) is 5.32 Å². The normalized spacial score (nSPS) is 10.3. The van der Waals surface area contributed by atoms with E-state index < -0.39 is 0 Å². The first-order chi connectivity index (χ1) is 10.6. The van der Waals surface area contributed by atoms with Crippen LogP contribution in [0.15, 0.2) is 53.4 Å². The monoisotopic (exact) mass is 314 g/mol. The molecule has 0 aliphatic rings. The molecule has 0 heterocycles. The second-order valence-corrected chi connectivity index (χ2v) is 6.07. The van der Waals surface area contributed by atoms with Gasteiger partial charge in [-0.25, -0.2) is 0 Å². The van der Waals surface area contributed by atoms with Crippen molar-refractivity contribution in [2.75, 3.05) is 31.3 Å². The minimum Gasteiger partial charge on any atom is -0.373 e. The highest BCUT2D eigenvalue weighted by Gasteiger charge is 2.09. The SMILES string of the molecule is CSc1ccc(C)c(C(=O)NCCN(C)c2ccccc2)c1. The van der Waals surface area contributed by atoms with E-state index in [0.717, 1.165) is 28.3 Å². The van der Waals surface area contributed by atoms with Crippen molar-refractivity contribution in [2.45, 2.75) is 11.8 Å². The molecule has 1 N–H and O–H groups in total. The quantitative estimate of drug-likeness (QED) is 0.827. The Kier molecular flexibility index (Phi) is 5.90. The number of benzene rings is 2. The molecule has 2 aromatic rings. The third-order valence-corrected chi connectivity index (χ3v) is 4.34. The summed E-state index contributed by atoms with van der Waals surface area (Å²) in [7, 11) is 2.03. The molecular weight excluding hydrogens is 292 g/mol. The summed E-state index contributed by atoms with van der Waals surface area (Å²) in [6, 6.07) is 16.2. The van der Waals surface area contributed by atoms with Crippen LogP contribution in [0, 0.1) is 6.92 Å². The lowest BCUT2D eigenvalue weighted by Gasteiger charge is -2.19. The van der Waals surface area contributed by atoms with Gasteiger partial charge in [0.15, 0.2) is 0 Å². The smallest absolute Gasteiger partial charge is 0.251 e. The molecule has 0 unspecified atom stereocenters. The molecule has 4 heteroatoms. The van der Waals surface area contributed by atoms with Crippen LogP contribution in [0.25, 0.3) is 0 Å². The molecular formula is C18H22N2OS. The molecule has 0 spiro atoms. The molecule has 116 valence electrons. The van der Waals surface area contributed by atoms with E-state index in [-0.39, 0.29) is 5.91 Å². The number of aryl methyl sites for hydroxylation is 1. The second kappa shape index (κ2) is 7.90. The Labute approximate surface area is 136 Å². The Morgan fingerprint density at radius 3 is 2.59 bits per heavy atom. The topological polar surface area (TPSA) is 32.3 Å². The molecule has 0 bridgehead atoms. The Balaban J connectivity index is 1.90. The van der Waals surface area contributed by atoms with Crippen LogP contribution in [-0.2, 0) is 0 Å². The van der Waals surface area contributed by atoms with E-state index in [2.05, 4.69) is 22.3 Å². The molecule has 22 heavy (non-hydrogen) atoms. The van der Waals surface area contributed by atoms with Gasteiger partial charge in [0, 0.05) is 36.3 Å². The van der Waals surface area contributed by atoms with Crippen LogP contribution in [0.3, 0.4) is 0 Å². The van der Waals surface area contributed by atoms with Crippen LogP contribution in [0.5, 0.6) is 0 Å². The van der Waals surface area contributed by atoms with Gasteiger partial charge in [-0.15, -0.1) is 11.8 Å². The molecule has 0 radical (unpaired) electrons. The Hall–Kier alpha value is -1.94. The Morgan fingerprint density at radius 2 is 1.91 bits per heavy atom. The van der Waals surface area contributed by atoms with E-state index in [4.69, 9.17) is 0 Å². The fourth-order valence-electron chi connectivity index (χ4n) is 2.22. The zero-order valence-corrected chi connectivity index (χ0v) is 14.1.